The number of nitrogens with zero attached hydrogens (tertiary/aromatic N) is 5. The van der Waals surface area contributed by atoms with E-state index in [4.69, 9.17) is 0 Å². The summed E-state index contributed by atoms with van der Waals surface area (Å²) in [6.07, 6.45) is 6.79. The summed E-state index contributed by atoms with van der Waals surface area (Å²) in [6.45, 7) is 3.92. The topological polar surface area (TPSA) is 70.4 Å². The lowest BCUT2D eigenvalue weighted by Gasteiger charge is -2.20. The summed E-state index contributed by atoms with van der Waals surface area (Å²) >= 11 is 3.49. The number of guanidine groups is 1. The van der Waals surface area contributed by atoms with E-state index in [1.54, 1.807) is 12.7 Å². The Morgan fingerprint density at radius 3 is 2.67 bits per heavy atom. The first-order valence-electron chi connectivity index (χ1n) is 9.04. The molecule has 1 unspecified atom stereocenters. The minimum Gasteiger partial charge on any atom is -0.369 e. The third-order valence-electron chi connectivity index (χ3n) is 4.55. The van der Waals surface area contributed by atoms with Crippen LogP contribution in [-0.2, 0) is 6.54 Å². The van der Waals surface area contributed by atoms with Crippen LogP contribution in [0.5, 0.6) is 0 Å². The van der Waals surface area contributed by atoms with Crippen LogP contribution in [0.15, 0.2) is 46.4 Å². The van der Waals surface area contributed by atoms with Gasteiger partial charge in [-0.25, -0.2) is 0 Å². The first kappa shape index (κ1) is 21.9. The number of nitrogens with one attached hydrogen (secondary N) is 2. The van der Waals surface area contributed by atoms with E-state index in [9.17, 15) is 0 Å². The van der Waals surface area contributed by atoms with Crippen molar-refractivity contribution in [3.8, 4) is 0 Å². The van der Waals surface area contributed by atoms with Crippen molar-refractivity contribution in [2.24, 2.45) is 4.99 Å². The number of rotatable bonds is 7. The fourth-order valence-corrected chi connectivity index (χ4v) is 3.38. The minimum absolute atomic E-state index is 0. The molecule has 1 atom stereocenters. The highest BCUT2D eigenvalue weighted by molar-refractivity contribution is 14.0. The predicted molar refractivity (Wildman–Crippen MR) is 124 cm³/mol. The molecule has 0 saturated carbocycles. The molecule has 1 aliphatic rings. The lowest BCUT2D eigenvalue weighted by Crippen LogP contribution is -2.44. The monoisotopic (exact) mass is 547 g/mol. The largest absolute Gasteiger partial charge is 0.369 e. The van der Waals surface area contributed by atoms with E-state index < -0.39 is 0 Å². The van der Waals surface area contributed by atoms with Crippen molar-refractivity contribution < 1.29 is 0 Å². The lowest BCUT2D eigenvalue weighted by molar-refractivity contribution is 0.590. The van der Waals surface area contributed by atoms with Crippen LogP contribution in [0.25, 0.3) is 0 Å². The molecule has 0 aliphatic carbocycles. The van der Waals surface area contributed by atoms with E-state index in [1.807, 2.05) is 11.6 Å². The van der Waals surface area contributed by atoms with E-state index in [0.29, 0.717) is 6.04 Å². The maximum Gasteiger partial charge on any atom is 0.191 e. The summed E-state index contributed by atoms with van der Waals surface area (Å²) in [5.41, 5.74) is 1.27. The van der Waals surface area contributed by atoms with E-state index in [2.05, 4.69) is 70.9 Å². The molecule has 9 heteroatoms. The average molecular weight is 548 g/mol. The second kappa shape index (κ2) is 11.5. The van der Waals surface area contributed by atoms with E-state index in [1.165, 1.54) is 5.69 Å². The van der Waals surface area contributed by atoms with Crippen molar-refractivity contribution >= 4 is 51.6 Å². The molecule has 27 heavy (non-hydrogen) atoms. The Hall–Kier alpha value is -1.36. The summed E-state index contributed by atoms with van der Waals surface area (Å²) in [7, 11) is 1.83. The van der Waals surface area contributed by atoms with Gasteiger partial charge in [-0.15, -0.1) is 34.2 Å². The van der Waals surface area contributed by atoms with Crippen molar-refractivity contribution in [2.75, 3.05) is 31.6 Å². The van der Waals surface area contributed by atoms with Crippen molar-refractivity contribution in [1.82, 2.24) is 25.4 Å². The second-order valence-electron chi connectivity index (χ2n) is 6.46. The van der Waals surface area contributed by atoms with Gasteiger partial charge in [-0.3, -0.25) is 4.99 Å². The maximum absolute atomic E-state index is 4.35. The smallest absolute Gasteiger partial charge is 0.191 e. The second-order valence-corrected chi connectivity index (χ2v) is 7.37. The Morgan fingerprint density at radius 2 is 1.96 bits per heavy atom. The van der Waals surface area contributed by atoms with Gasteiger partial charge in [-0.2, -0.15) is 0 Å². The Labute approximate surface area is 186 Å². The number of benzene rings is 1. The maximum atomic E-state index is 4.35. The molecule has 0 bridgehead atoms. The van der Waals surface area contributed by atoms with Gasteiger partial charge in [-0.1, -0.05) is 15.9 Å². The highest BCUT2D eigenvalue weighted by Crippen LogP contribution is 2.22. The van der Waals surface area contributed by atoms with Crippen LogP contribution in [0.1, 0.15) is 19.3 Å². The number of unbranched alkanes of at least 4 members (excludes halogenated alkanes) is 1. The summed E-state index contributed by atoms with van der Waals surface area (Å²) in [6, 6.07) is 8.93. The summed E-state index contributed by atoms with van der Waals surface area (Å²) in [5.74, 6) is 0.886. The average Bonchev–Trinajstić information content (AvgIpc) is 3.33. The summed E-state index contributed by atoms with van der Waals surface area (Å²) < 4.78 is 3.12. The van der Waals surface area contributed by atoms with Crippen LogP contribution >= 0.6 is 39.9 Å². The van der Waals surface area contributed by atoms with Crippen LogP contribution in [0.4, 0.5) is 5.69 Å². The zero-order valence-electron chi connectivity index (χ0n) is 15.5. The summed E-state index contributed by atoms with van der Waals surface area (Å²) in [4.78, 5) is 6.77. The van der Waals surface area contributed by atoms with Gasteiger partial charge in [0.15, 0.2) is 5.96 Å². The number of anilines is 1. The number of hydrogen-bond donors (Lipinski definition) is 2. The molecule has 1 aromatic carbocycles. The van der Waals surface area contributed by atoms with Crippen molar-refractivity contribution in [3.05, 3.63) is 41.4 Å². The van der Waals surface area contributed by atoms with Gasteiger partial charge < -0.3 is 20.1 Å². The van der Waals surface area contributed by atoms with Gasteiger partial charge in [0, 0.05) is 49.4 Å². The van der Waals surface area contributed by atoms with Crippen molar-refractivity contribution in [2.45, 2.75) is 31.8 Å². The van der Waals surface area contributed by atoms with E-state index in [-0.39, 0.29) is 24.0 Å². The van der Waals surface area contributed by atoms with Crippen LogP contribution in [-0.4, -0.2) is 53.4 Å². The quantitative estimate of drug-likeness (QED) is 0.241. The molecular formula is C18H27BrIN7. The molecule has 2 N–H and O–H groups in total. The zero-order valence-corrected chi connectivity index (χ0v) is 19.4. The molecule has 1 aromatic heterocycles. The van der Waals surface area contributed by atoms with Gasteiger partial charge in [0.2, 0.25) is 0 Å². The van der Waals surface area contributed by atoms with Gasteiger partial charge in [0.25, 0.3) is 0 Å². The molecule has 1 saturated heterocycles. The zero-order chi connectivity index (χ0) is 18.2. The molecule has 7 nitrogen and oxygen atoms in total. The molecule has 0 spiro atoms. The van der Waals surface area contributed by atoms with Crippen LogP contribution < -0.4 is 15.5 Å². The van der Waals surface area contributed by atoms with Gasteiger partial charge in [0.05, 0.1) is 0 Å². The summed E-state index contributed by atoms with van der Waals surface area (Å²) in [5, 5.41) is 14.6. The number of aromatic nitrogens is 3. The normalized spacial score (nSPS) is 16.9. The predicted octanol–water partition coefficient (Wildman–Crippen LogP) is 2.88. The van der Waals surface area contributed by atoms with Crippen LogP contribution in [0.3, 0.4) is 0 Å². The Morgan fingerprint density at radius 1 is 1.22 bits per heavy atom. The number of halogens is 2. The molecular weight excluding hydrogens is 521 g/mol. The Bertz CT molecular complexity index is 690. The molecule has 1 aliphatic heterocycles. The standard InChI is InChI=1S/C18H26BrN7.HI/c1-20-18(21-9-2-3-10-25-13-22-23-14-25)24-16-8-11-26(12-16)17-6-4-15(19)5-7-17;/h4-7,13-14,16H,2-3,8-12H2,1H3,(H2,20,21,24);1H. The highest BCUT2D eigenvalue weighted by atomic mass is 127. The molecule has 0 radical (unpaired) electrons. The minimum atomic E-state index is 0. The highest BCUT2D eigenvalue weighted by Gasteiger charge is 2.23. The number of aliphatic imine (C=N–C) groups is 1. The van der Waals surface area contributed by atoms with Crippen molar-refractivity contribution in [1.29, 1.82) is 0 Å². The fourth-order valence-electron chi connectivity index (χ4n) is 3.12. The Balaban J connectivity index is 0.00000261. The van der Waals surface area contributed by atoms with Gasteiger partial charge in [-0.05, 0) is 43.5 Å². The number of aryl methyl sites for hydroxylation is 1. The lowest BCUT2D eigenvalue weighted by atomic mass is 10.2. The van der Waals surface area contributed by atoms with Gasteiger partial charge >= 0.3 is 0 Å². The number of hydrogen-bond acceptors (Lipinski definition) is 4. The third kappa shape index (κ3) is 6.95. The van der Waals surface area contributed by atoms with Crippen molar-refractivity contribution in [3.63, 3.8) is 0 Å². The van der Waals surface area contributed by atoms with E-state index in [0.717, 1.165) is 55.9 Å². The van der Waals surface area contributed by atoms with Gasteiger partial charge in [0.1, 0.15) is 12.7 Å². The molecule has 3 rings (SSSR count). The van der Waals surface area contributed by atoms with Crippen LogP contribution in [0.2, 0.25) is 0 Å². The Kier molecular flexibility index (Phi) is 9.32. The molecule has 148 valence electrons. The molecule has 0 amide bonds. The molecule has 2 heterocycles. The molecule has 1 fully saturated rings. The van der Waals surface area contributed by atoms with Crippen LogP contribution in [0, 0.1) is 0 Å². The SMILES string of the molecule is CN=C(NCCCCn1cnnc1)NC1CCN(c2ccc(Br)cc2)C1.I. The molecule has 2 aromatic rings. The van der Waals surface area contributed by atoms with E-state index >= 15 is 0 Å². The first-order valence-corrected chi connectivity index (χ1v) is 9.84. The third-order valence-corrected chi connectivity index (χ3v) is 5.08. The first-order chi connectivity index (χ1) is 12.7. The fraction of sp³-hybridized carbons (Fsp3) is 0.500.